The molecule has 6 heteroatoms. The number of carbonyl (C=O) groups is 2. The molecule has 0 radical (unpaired) electrons. The fourth-order valence-electron chi connectivity index (χ4n) is 4.01. The van der Waals surface area contributed by atoms with Gasteiger partial charge in [-0.2, -0.15) is 0 Å². The zero-order valence-corrected chi connectivity index (χ0v) is 15.6. The Labute approximate surface area is 157 Å². The molecule has 0 aliphatic carbocycles. The fourth-order valence-corrected chi connectivity index (χ4v) is 4.93. The number of likely N-dealkylation sites (tertiary alicyclic amines) is 1. The van der Waals surface area contributed by atoms with Crippen LogP contribution in [0, 0.1) is 0 Å². The maximum atomic E-state index is 12.5. The van der Waals surface area contributed by atoms with Crippen molar-refractivity contribution in [3.05, 3.63) is 46.7 Å². The third-order valence-electron chi connectivity index (χ3n) is 5.29. The number of rotatable bonds is 5. The number of hydrogen-bond acceptors (Lipinski definition) is 3. The van der Waals surface area contributed by atoms with E-state index in [0.29, 0.717) is 19.0 Å². The lowest BCUT2D eigenvalue weighted by Gasteiger charge is -2.20. The standard InChI is InChI=1S/C20H23N3O2S/c24-19(14-22-11-1-4-17(22)18-5-3-13-26-18)21-15-7-9-16(10-8-15)23-12-2-6-20(23)25/h3,5,7-10,13,17H,1-2,4,6,11-12,14H2,(H,21,24)/p+1/t17-/m0/s1. The van der Waals surface area contributed by atoms with Crippen LogP contribution in [0.1, 0.15) is 36.6 Å². The van der Waals surface area contributed by atoms with Crippen molar-refractivity contribution >= 4 is 34.5 Å². The molecular formula is C20H24N3O2S+. The lowest BCUT2D eigenvalue weighted by atomic mass is 10.2. The van der Waals surface area contributed by atoms with Gasteiger partial charge in [-0.25, -0.2) is 0 Å². The van der Waals surface area contributed by atoms with Gasteiger partial charge < -0.3 is 15.1 Å². The van der Waals surface area contributed by atoms with E-state index in [9.17, 15) is 9.59 Å². The van der Waals surface area contributed by atoms with Crippen molar-refractivity contribution in [2.45, 2.75) is 31.7 Å². The molecule has 2 atom stereocenters. The minimum Gasteiger partial charge on any atom is -0.321 e. The number of benzene rings is 1. The fraction of sp³-hybridized carbons (Fsp3) is 0.400. The zero-order chi connectivity index (χ0) is 17.9. The molecule has 0 spiro atoms. The second kappa shape index (κ2) is 7.60. The molecule has 2 amide bonds. The zero-order valence-electron chi connectivity index (χ0n) is 14.7. The number of hydrogen-bond donors (Lipinski definition) is 2. The van der Waals surface area contributed by atoms with Crippen LogP contribution in [0.4, 0.5) is 11.4 Å². The van der Waals surface area contributed by atoms with Gasteiger partial charge in [0, 0.05) is 37.2 Å². The second-order valence-corrected chi connectivity index (χ2v) is 8.02. The summed E-state index contributed by atoms with van der Waals surface area (Å²) in [5, 5.41) is 5.11. The van der Waals surface area contributed by atoms with Gasteiger partial charge in [-0.1, -0.05) is 6.07 Å². The Morgan fingerprint density at radius 3 is 2.77 bits per heavy atom. The smallest absolute Gasteiger partial charge is 0.279 e. The summed E-state index contributed by atoms with van der Waals surface area (Å²) in [7, 11) is 0. The van der Waals surface area contributed by atoms with Crippen LogP contribution in [0.5, 0.6) is 0 Å². The quantitative estimate of drug-likeness (QED) is 0.848. The lowest BCUT2D eigenvalue weighted by molar-refractivity contribution is -0.910. The van der Waals surface area contributed by atoms with Gasteiger partial charge in [-0.3, -0.25) is 9.59 Å². The summed E-state index contributed by atoms with van der Waals surface area (Å²) in [6, 6.07) is 12.3. The molecule has 2 saturated heterocycles. The Morgan fingerprint density at radius 2 is 2.08 bits per heavy atom. The largest absolute Gasteiger partial charge is 0.321 e. The first-order valence-corrected chi connectivity index (χ1v) is 10.2. The highest BCUT2D eigenvalue weighted by atomic mass is 32.1. The van der Waals surface area contributed by atoms with E-state index in [2.05, 4.69) is 22.8 Å². The minimum atomic E-state index is 0.0495. The van der Waals surface area contributed by atoms with Crippen molar-refractivity contribution in [3.8, 4) is 0 Å². The molecule has 5 nitrogen and oxygen atoms in total. The van der Waals surface area contributed by atoms with Gasteiger partial charge >= 0.3 is 0 Å². The van der Waals surface area contributed by atoms with Crippen LogP contribution < -0.4 is 15.1 Å². The first-order valence-electron chi connectivity index (χ1n) is 9.29. The molecule has 2 aliphatic heterocycles. The molecule has 0 saturated carbocycles. The number of thiophene rings is 1. The third-order valence-corrected chi connectivity index (χ3v) is 6.28. The van der Waals surface area contributed by atoms with E-state index in [0.717, 1.165) is 37.3 Å². The highest BCUT2D eigenvalue weighted by Crippen LogP contribution is 2.24. The lowest BCUT2D eigenvalue weighted by Crippen LogP contribution is -3.11. The molecule has 2 aliphatic rings. The van der Waals surface area contributed by atoms with E-state index in [1.807, 2.05) is 29.2 Å². The maximum absolute atomic E-state index is 12.5. The Kier molecular flexibility index (Phi) is 5.04. The SMILES string of the molecule is O=C(C[NH+]1CCC[C@H]1c1cccs1)Nc1ccc(N2CCCC2=O)cc1. The molecule has 1 aromatic heterocycles. The highest BCUT2D eigenvalue weighted by molar-refractivity contribution is 7.10. The van der Waals surface area contributed by atoms with Gasteiger partial charge in [-0.15, -0.1) is 11.3 Å². The Morgan fingerprint density at radius 1 is 1.23 bits per heavy atom. The van der Waals surface area contributed by atoms with Gasteiger partial charge in [0.25, 0.3) is 5.91 Å². The van der Waals surface area contributed by atoms with Crippen LogP contribution in [0.25, 0.3) is 0 Å². The molecule has 1 aromatic carbocycles. The van der Waals surface area contributed by atoms with Crippen LogP contribution in [-0.2, 0) is 9.59 Å². The van der Waals surface area contributed by atoms with Crippen LogP contribution in [0.15, 0.2) is 41.8 Å². The molecule has 1 unspecified atom stereocenters. The monoisotopic (exact) mass is 370 g/mol. The predicted molar refractivity (Wildman–Crippen MR) is 104 cm³/mol. The van der Waals surface area contributed by atoms with E-state index in [1.54, 1.807) is 11.3 Å². The number of quaternary nitrogens is 1. The topological polar surface area (TPSA) is 53.9 Å². The van der Waals surface area contributed by atoms with Crippen molar-refractivity contribution in [1.29, 1.82) is 0 Å². The number of anilines is 2. The molecule has 2 fully saturated rings. The van der Waals surface area contributed by atoms with Crippen molar-refractivity contribution < 1.29 is 14.5 Å². The summed E-state index contributed by atoms with van der Waals surface area (Å²) in [6.07, 6.45) is 3.87. The van der Waals surface area contributed by atoms with Gasteiger partial charge in [0.05, 0.1) is 11.4 Å². The normalized spacial score (nSPS) is 22.8. The average Bonchev–Trinajstić information content (AvgIpc) is 3.37. The van der Waals surface area contributed by atoms with Crippen molar-refractivity contribution in [3.63, 3.8) is 0 Å². The van der Waals surface area contributed by atoms with Crippen molar-refractivity contribution in [1.82, 2.24) is 0 Å². The molecule has 4 rings (SSSR count). The maximum Gasteiger partial charge on any atom is 0.279 e. The molecule has 3 heterocycles. The third kappa shape index (κ3) is 3.66. The first-order chi connectivity index (χ1) is 12.7. The summed E-state index contributed by atoms with van der Waals surface area (Å²) >= 11 is 1.78. The molecule has 2 N–H and O–H groups in total. The minimum absolute atomic E-state index is 0.0495. The predicted octanol–water partition coefficient (Wildman–Crippen LogP) is 2.23. The number of amides is 2. The molecule has 26 heavy (non-hydrogen) atoms. The summed E-state index contributed by atoms with van der Waals surface area (Å²) in [4.78, 5) is 28.8. The number of carbonyl (C=O) groups excluding carboxylic acids is 2. The van der Waals surface area contributed by atoms with Crippen LogP contribution >= 0.6 is 11.3 Å². The number of nitrogens with one attached hydrogen (secondary N) is 2. The van der Waals surface area contributed by atoms with Crippen LogP contribution in [-0.4, -0.2) is 31.4 Å². The van der Waals surface area contributed by atoms with Crippen LogP contribution in [0.3, 0.4) is 0 Å². The van der Waals surface area contributed by atoms with E-state index in [1.165, 1.54) is 16.2 Å². The molecule has 2 aromatic rings. The Hall–Kier alpha value is -2.18. The molecule has 0 bridgehead atoms. The van der Waals surface area contributed by atoms with Gasteiger partial charge in [0.15, 0.2) is 6.54 Å². The van der Waals surface area contributed by atoms with E-state index >= 15 is 0 Å². The average molecular weight is 370 g/mol. The number of nitrogens with zero attached hydrogens (tertiary/aromatic N) is 1. The van der Waals surface area contributed by atoms with Crippen molar-refractivity contribution in [2.24, 2.45) is 0 Å². The Balaban J connectivity index is 1.35. The van der Waals surface area contributed by atoms with E-state index in [4.69, 9.17) is 0 Å². The van der Waals surface area contributed by atoms with Crippen molar-refractivity contribution in [2.75, 3.05) is 29.9 Å². The van der Waals surface area contributed by atoms with Gasteiger partial charge in [-0.05, 0) is 42.1 Å². The summed E-state index contributed by atoms with van der Waals surface area (Å²) in [6.45, 7) is 2.33. The highest BCUT2D eigenvalue weighted by Gasteiger charge is 2.32. The summed E-state index contributed by atoms with van der Waals surface area (Å²) in [5.74, 6) is 0.229. The van der Waals surface area contributed by atoms with E-state index < -0.39 is 0 Å². The first kappa shape index (κ1) is 17.2. The second-order valence-electron chi connectivity index (χ2n) is 7.04. The van der Waals surface area contributed by atoms with Crippen LogP contribution in [0.2, 0.25) is 0 Å². The summed E-state index contributed by atoms with van der Waals surface area (Å²) in [5.41, 5.74) is 1.70. The summed E-state index contributed by atoms with van der Waals surface area (Å²) < 4.78 is 0. The van der Waals surface area contributed by atoms with E-state index in [-0.39, 0.29) is 11.8 Å². The van der Waals surface area contributed by atoms with Gasteiger partial charge in [0.1, 0.15) is 6.04 Å². The molecule has 136 valence electrons. The Bertz CT molecular complexity index is 773. The molecular weight excluding hydrogens is 346 g/mol. The van der Waals surface area contributed by atoms with Gasteiger partial charge in [0.2, 0.25) is 5.91 Å².